The summed E-state index contributed by atoms with van der Waals surface area (Å²) < 4.78 is 7.47. The number of nitrogens with one attached hydrogen (secondary N) is 2. The molecule has 3 N–H and O–H groups in total. The van der Waals surface area contributed by atoms with Gasteiger partial charge in [-0.1, -0.05) is 30.3 Å². The molecule has 1 fully saturated rings. The van der Waals surface area contributed by atoms with Crippen molar-refractivity contribution in [2.45, 2.75) is 25.1 Å². The minimum atomic E-state index is -0.884. The Labute approximate surface area is 142 Å². The molecular weight excluding hydrogens is 306 g/mol. The molecule has 7 nitrogen and oxygen atoms in total. The maximum absolute atomic E-state index is 10.5. The molecule has 0 amide bonds. The summed E-state index contributed by atoms with van der Waals surface area (Å²) in [6.07, 6.45) is 2.69. The van der Waals surface area contributed by atoms with Crippen LogP contribution in [-0.2, 0) is 24.2 Å². The van der Waals surface area contributed by atoms with Gasteiger partial charge in [-0.3, -0.25) is 0 Å². The zero-order valence-electron chi connectivity index (χ0n) is 13.8. The van der Waals surface area contributed by atoms with E-state index in [-0.39, 0.29) is 0 Å². The van der Waals surface area contributed by atoms with Gasteiger partial charge in [-0.05, 0) is 12.0 Å². The second-order valence-electron chi connectivity index (χ2n) is 6.23. The summed E-state index contributed by atoms with van der Waals surface area (Å²) in [6, 6.07) is 10.4. The largest absolute Gasteiger partial charge is 0.385 e. The second kappa shape index (κ2) is 8.34. The predicted molar refractivity (Wildman–Crippen MR) is 90.5 cm³/mol. The van der Waals surface area contributed by atoms with E-state index in [4.69, 9.17) is 4.74 Å². The molecule has 130 valence electrons. The summed E-state index contributed by atoms with van der Waals surface area (Å²) >= 11 is 0. The van der Waals surface area contributed by atoms with Crippen LogP contribution < -0.4 is 10.6 Å². The van der Waals surface area contributed by atoms with Crippen LogP contribution in [0.1, 0.15) is 11.4 Å². The lowest BCUT2D eigenvalue weighted by Gasteiger charge is -2.26. The average Bonchev–Trinajstić information content (AvgIpc) is 2.93. The van der Waals surface area contributed by atoms with Crippen molar-refractivity contribution in [3.63, 3.8) is 0 Å². The van der Waals surface area contributed by atoms with Gasteiger partial charge in [0.25, 0.3) is 0 Å². The van der Waals surface area contributed by atoms with E-state index in [1.54, 1.807) is 6.33 Å². The van der Waals surface area contributed by atoms with Crippen molar-refractivity contribution >= 4 is 0 Å². The molecule has 0 spiro atoms. The normalized spacial score (nSPS) is 21.5. The Bertz CT molecular complexity index is 608. The Kier molecular flexibility index (Phi) is 5.92. The van der Waals surface area contributed by atoms with Gasteiger partial charge in [-0.15, -0.1) is 10.2 Å². The molecule has 2 aromatic rings. The van der Waals surface area contributed by atoms with Crippen LogP contribution >= 0.6 is 0 Å². The minimum Gasteiger partial charge on any atom is -0.385 e. The van der Waals surface area contributed by atoms with Gasteiger partial charge in [0.1, 0.15) is 17.8 Å². The van der Waals surface area contributed by atoms with Crippen molar-refractivity contribution in [2.75, 3.05) is 32.8 Å². The van der Waals surface area contributed by atoms with Crippen molar-refractivity contribution in [1.29, 1.82) is 0 Å². The first-order valence-electron chi connectivity index (χ1n) is 8.37. The zero-order valence-corrected chi connectivity index (χ0v) is 13.8. The first-order valence-corrected chi connectivity index (χ1v) is 8.37. The van der Waals surface area contributed by atoms with E-state index >= 15 is 0 Å². The van der Waals surface area contributed by atoms with Crippen LogP contribution in [0, 0.1) is 0 Å². The minimum absolute atomic E-state index is 0.341. The third-order valence-electron chi connectivity index (χ3n) is 4.17. The SMILES string of the molecule is O[C@]1(CNCc2nncn2CCc2ccccc2)CNCCOC1. The molecule has 0 aliphatic carbocycles. The predicted octanol–water partition coefficient (Wildman–Crippen LogP) is -0.0387. The topological polar surface area (TPSA) is 84.2 Å². The Morgan fingerprint density at radius 2 is 2.21 bits per heavy atom. The zero-order chi connectivity index (χ0) is 16.7. The number of aryl methyl sites for hydroxylation is 2. The maximum atomic E-state index is 10.5. The molecule has 3 rings (SSSR count). The van der Waals surface area contributed by atoms with E-state index in [1.807, 2.05) is 22.8 Å². The Morgan fingerprint density at radius 3 is 3.08 bits per heavy atom. The van der Waals surface area contributed by atoms with Gasteiger partial charge in [0, 0.05) is 26.2 Å². The summed E-state index contributed by atoms with van der Waals surface area (Å²) in [7, 11) is 0. The first kappa shape index (κ1) is 17.0. The van der Waals surface area contributed by atoms with Gasteiger partial charge in [-0.25, -0.2) is 0 Å². The summed E-state index contributed by atoms with van der Waals surface area (Å²) in [5.74, 6) is 0.872. The van der Waals surface area contributed by atoms with E-state index in [0.29, 0.717) is 32.8 Å². The van der Waals surface area contributed by atoms with Gasteiger partial charge in [0.2, 0.25) is 0 Å². The number of hydrogen-bond donors (Lipinski definition) is 3. The number of ether oxygens (including phenoxy) is 1. The third kappa shape index (κ3) is 4.85. The second-order valence-corrected chi connectivity index (χ2v) is 6.23. The number of β-amino-alcohol motifs (C(OH)–C–C–N with tert-alkyl or cyclic N) is 1. The van der Waals surface area contributed by atoms with Gasteiger partial charge in [0.15, 0.2) is 0 Å². The molecule has 1 aliphatic rings. The molecule has 1 saturated heterocycles. The number of nitrogens with zero attached hydrogens (tertiary/aromatic N) is 3. The van der Waals surface area contributed by atoms with E-state index in [1.165, 1.54) is 5.56 Å². The Morgan fingerprint density at radius 1 is 1.33 bits per heavy atom. The monoisotopic (exact) mass is 331 g/mol. The summed E-state index contributed by atoms with van der Waals surface area (Å²) in [6.45, 7) is 4.13. The fraction of sp³-hybridized carbons (Fsp3) is 0.529. The van der Waals surface area contributed by atoms with Crippen LogP contribution in [0.15, 0.2) is 36.7 Å². The molecule has 1 atom stereocenters. The number of benzene rings is 1. The van der Waals surface area contributed by atoms with Crippen LogP contribution in [0.3, 0.4) is 0 Å². The standard InChI is InChI=1S/C17H25N5O2/c23-17(11-18-7-9-24-13-17)12-19-10-16-21-20-14-22(16)8-6-15-4-2-1-3-5-15/h1-5,14,18-19,23H,6-13H2/t17-/m0/s1. The molecule has 2 heterocycles. The highest BCUT2D eigenvalue weighted by Crippen LogP contribution is 2.07. The summed E-state index contributed by atoms with van der Waals surface area (Å²) in [5.41, 5.74) is 0.409. The highest BCUT2D eigenvalue weighted by Gasteiger charge is 2.28. The quantitative estimate of drug-likeness (QED) is 0.660. The fourth-order valence-electron chi connectivity index (χ4n) is 2.80. The van der Waals surface area contributed by atoms with Crippen LogP contribution in [0.4, 0.5) is 0 Å². The molecule has 1 aliphatic heterocycles. The smallest absolute Gasteiger partial charge is 0.146 e. The molecular formula is C17H25N5O2. The van der Waals surface area contributed by atoms with E-state index < -0.39 is 5.60 Å². The van der Waals surface area contributed by atoms with Crippen molar-refractivity contribution in [3.05, 3.63) is 48.0 Å². The van der Waals surface area contributed by atoms with Crippen molar-refractivity contribution in [1.82, 2.24) is 25.4 Å². The molecule has 0 unspecified atom stereocenters. The summed E-state index contributed by atoms with van der Waals surface area (Å²) in [4.78, 5) is 0. The lowest BCUT2D eigenvalue weighted by atomic mass is 10.1. The van der Waals surface area contributed by atoms with E-state index in [9.17, 15) is 5.11 Å². The highest BCUT2D eigenvalue weighted by molar-refractivity contribution is 5.14. The first-order chi connectivity index (χ1) is 11.8. The number of rotatable bonds is 7. The van der Waals surface area contributed by atoms with Gasteiger partial charge in [-0.2, -0.15) is 0 Å². The lowest BCUT2D eigenvalue weighted by molar-refractivity contribution is -0.0265. The molecule has 7 heteroatoms. The van der Waals surface area contributed by atoms with Crippen molar-refractivity contribution in [2.24, 2.45) is 0 Å². The van der Waals surface area contributed by atoms with Crippen molar-refractivity contribution < 1.29 is 9.84 Å². The van der Waals surface area contributed by atoms with Gasteiger partial charge >= 0.3 is 0 Å². The Balaban J connectivity index is 1.48. The molecule has 0 saturated carbocycles. The van der Waals surface area contributed by atoms with Crippen molar-refractivity contribution in [3.8, 4) is 0 Å². The van der Waals surface area contributed by atoms with Gasteiger partial charge in [0.05, 0.1) is 19.8 Å². The van der Waals surface area contributed by atoms with Crippen LogP contribution in [0.25, 0.3) is 0 Å². The van der Waals surface area contributed by atoms with Crippen LogP contribution in [0.5, 0.6) is 0 Å². The third-order valence-corrected chi connectivity index (χ3v) is 4.17. The Hall–Kier alpha value is -1.80. The van der Waals surface area contributed by atoms with Crippen LogP contribution in [-0.4, -0.2) is 58.3 Å². The number of hydrogen-bond acceptors (Lipinski definition) is 6. The molecule has 0 radical (unpaired) electrons. The molecule has 1 aromatic carbocycles. The lowest BCUT2D eigenvalue weighted by Crippen LogP contribution is -2.50. The average molecular weight is 331 g/mol. The van der Waals surface area contributed by atoms with Gasteiger partial charge < -0.3 is 25.0 Å². The number of aromatic nitrogens is 3. The number of aliphatic hydroxyl groups is 1. The van der Waals surface area contributed by atoms with E-state index in [2.05, 4.69) is 33.0 Å². The maximum Gasteiger partial charge on any atom is 0.146 e. The van der Waals surface area contributed by atoms with E-state index in [0.717, 1.165) is 25.3 Å². The fourth-order valence-corrected chi connectivity index (χ4v) is 2.80. The molecule has 24 heavy (non-hydrogen) atoms. The molecule has 1 aromatic heterocycles. The highest BCUT2D eigenvalue weighted by atomic mass is 16.5. The molecule has 0 bridgehead atoms. The van der Waals surface area contributed by atoms with Crippen LogP contribution in [0.2, 0.25) is 0 Å². The summed E-state index contributed by atoms with van der Waals surface area (Å²) in [5, 5.41) is 25.1.